The summed E-state index contributed by atoms with van der Waals surface area (Å²) in [5.74, 6) is 0. The Morgan fingerprint density at radius 1 is 1.14 bits per heavy atom. The Morgan fingerprint density at radius 2 is 2.05 bits per heavy atom. The third-order valence-electron chi connectivity index (χ3n) is 3.18. The van der Waals surface area contributed by atoms with Gasteiger partial charge in [0.05, 0.1) is 23.1 Å². The Kier molecular flexibility index (Phi) is 3.61. The highest BCUT2D eigenvalue weighted by Gasteiger charge is 2.08. The summed E-state index contributed by atoms with van der Waals surface area (Å²) < 4.78 is 0. The monoisotopic (exact) mass is 275 g/mol. The fourth-order valence-electron chi connectivity index (χ4n) is 2.13. The van der Waals surface area contributed by atoms with Crippen LogP contribution in [0.25, 0.3) is 11.3 Å². The molecule has 1 aromatic carbocycles. The average molecular weight is 275 g/mol. The Balaban J connectivity index is 1.81. The number of rotatable bonds is 4. The second kappa shape index (κ2) is 5.88. The van der Waals surface area contributed by atoms with Crippen molar-refractivity contribution in [1.82, 2.24) is 15.2 Å². The predicted octanol–water partition coefficient (Wildman–Crippen LogP) is 2.96. The number of nitrogens with zero attached hydrogens (tertiary/aromatic N) is 3. The third kappa shape index (κ3) is 2.74. The largest absolute Gasteiger partial charge is 0.380 e. The molecule has 0 saturated heterocycles. The summed E-state index contributed by atoms with van der Waals surface area (Å²) in [7, 11) is 0. The highest BCUT2D eigenvalue weighted by Crippen LogP contribution is 2.21. The van der Waals surface area contributed by atoms with E-state index in [1.54, 1.807) is 24.7 Å². The first-order valence-corrected chi connectivity index (χ1v) is 6.54. The van der Waals surface area contributed by atoms with Crippen LogP contribution in [-0.4, -0.2) is 15.2 Å². The van der Waals surface area contributed by atoms with Gasteiger partial charge in [-0.3, -0.25) is 10.1 Å². The van der Waals surface area contributed by atoms with Crippen LogP contribution in [-0.2, 0) is 6.54 Å². The predicted molar refractivity (Wildman–Crippen MR) is 80.3 cm³/mol. The van der Waals surface area contributed by atoms with E-state index in [0.717, 1.165) is 22.5 Å². The van der Waals surface area contributed by atoms with E-state index in [1.807, 2.05) is 30.3 Å². The molecule has 0 saturated carbocycles. The molecule has 0 aliphatic rings. The van der Waals surface area contributed by atoms with Crippen LogP contribution < -0.4 is 5.32 Å². The van der Waals surface area contributed by atoms with Crippen LogP contribution >= 0.6 is 0 Å². The minimum Gasteiger partial charge on any atom is -0.380 e. The number of aromatic nitrogens is 3. The van der Waals surface area contributed by atoms with Crippen molar-refractivity contribution in [1.29, 1.82) is 5.26 Å². The molecule has 0 unspecified atom stereocenters. The molecular weight excluding hydrogens is 262 g/mol. The zero-order valence-electron chi connectivity index (χ0n) is 11.2. The van der Waals surface area contributed by atoms with E-state index >= 15 is 0 Å². The van der Waals surface area contributed by atoms with Gasteiger partial charge in [-0.1, -0.05) is 12.1 Å². The van der Waals surface area contributed by atoms with Gasteiger partial charge in [0.1, 0.15) is 6.07 Å². The van der Waals surface area contributed by atoms with Crippen LogP contribution in [0.15, 0.2) is 55.0 Å². The summed E-state index contributed by atoms with van der Waals surface area (Å²) in [6, 6.07) is 13.5. The lowest BCUT2D eigenvalue weighted by atomic mass is 10.1. The van der Waals surface area contributed by atoms with Crippen LogP contribution in [0.4, 0.5) is 5.69 Å². The van der Waals surface area contributed by atoms with E-state index in [-0.39, 0.29) is 0 Å². The second-order valence-electron chi connectivity index (χ2n) is 4.52. The topological polar surface area (TPSA) is 77.4 Å². The standard InChI is InChI=1S/C16H13N5/c17-8-12-4-1-2-6-15(12)19-10-14-11-20-21-16(14)13-5-3-7-18-9-13/h1-7,9,11,19H,10H2,(H,20,21). The van der Waals surface area contributed by atoms with Gasteiger partial charge < -0.3 is 5.32 Å². The van der Waals surface area contributed by atoms with Crippen molar-refractivity contribution < 1.29 is 0 Å². The van der Waals surface area contributed by atoms with Crippen LogP contribution in [0, 0.1) is 11.3 Å². The van der Waals surface area contributed by atoms with Crippen molar-refractivity contribution in [2.24, 2.45) is 0 Å². The molecule has 3 rings (SSSR count). The molecule has 5 nitrogen and oxygen atoms in total. The quantitative estimate of drug-likeness (QED) is 0.767. The van der Waals surface area contributed by atoms with Gasteiger partial charge in [-0.2, -0.15) is 10.4 Å². The van der Waals surface area contributed by atoms with E-state index in [1.165, 1.54) is 0 Å². The van der Waals surface area contributed by atoms with E-state index in [2.05, 4.69) is 26.6 Å². The van der Waals surface area contributed by atoms with Crippen LogP contribution in [0.5, 0.6) is 0 Å². The SMILES string of the molecule is N#Cc1ccccc1NCc1cn[nH]c1-c1cccnc1. The number of hydrogen-bond acceptors (Lipinski definition) is 4. The second-order valence-corrected chi connectivity index (χ2v) is 4.52. The van der Waals surface area contributed by atoms with Crippen molar-refractivity contribution in [3.63, 3.8) is 0 Å². The van der Waals surface area contributed by atoms with Gasteiger partial charge in [-0.25, -0.2) is 0 Å². The molecule has 0 bridgehead atoms. The molecule has 21 heavy (non-hydrogen) atoms. The number of H-pyrrole nitrogens is 1. The van der Waals surface area contributed by atoms with E-state index in [4.69, 9.17) is 5.26 Å². The zero-order valence-corrected chi connectivity index (χ0v) is 11.2. The Labute approximate surface area is 122 Å². The van der Waals surface area contributed by atoms with Gasteiger partial charge in [0.2, 0.25) is 0 Å². The van der Waals surface area contributed by atoms with E-state index < -0.39 is 0 Å². The zero-order chi connectivity index (χ0) is 14.5. The summed E-state index contributed by atoms with van der Waals surface area (Å²) in [5, 5.41) is 19.5. The smallest absolute Gasteiger partial charge is 0.101 e. The van der Waals surface area contributed by atoms with Gasteiger partial charge in [-0.15, -0.1) is 0 Å². The van der Waals surface area contributed by atoms with Gasteiger partial charge in [0, 0.05) is 30.1 Å². The van der Waals surface area contributed by atoms with Crippen molar-refractivity contribution in [2.75, 3.05) is 5.32 Å². The molecule has 5 heteroatoms. The molecule has 0 atom stereocenters. The Bertz CT molecular complexity index is 771. The van der Waals surface area contributed by atoms with Crippen molar-refractivity contribution in [3.8, 4) is 17.3 Å². The van der Waals surface area contributed by atoms with Crippen LogP contribution in [0.1, 0.15) is 11.1 Å². The molecule has 0 amide bonds. The fraction of sp³-hybridized carbons (Fsp3) is 0.0625. The molecule has 0 radical (unpaired) electrons. The molecule has 2 aromatic heterocycles. The first-order valence-electron chi connectivity index (χ1n) is 6.54. The number of pyridine rings is 1. The minimum absolute atomic E-state index is 0.583. The number of hydrogen-bond donors (Lipinski definition) is 2. The van der Waals surface area contributed by atoms with E-state index in [9.17, 15) is 0 Å². The van der Waals surface area contributed by atoms with Crippen molar-refractivity contribution in [2.45, 2.75) is 6.54 Å². The molecule has 2 heterocycles. The normalized spacial score (nSPS) is 10.0. The van der Waals surface area contributed by atoms with Crippen LogP contribution in [0.2, 0.25) is 0 Å². The first kappa shape index (κ1) is 12.9. The van der Waals surface area contributed by atoms with Gasteiger partial charge in [-0.05, 0) is 24.3 Å². The maximum Gasteiger partial charge on any atom is 0.101 e. The number of aromatic amines is 1. The van der Waals surface area contributed by atoms with E-state index in [0.29, 0.717) is 12.1 Å². The number of benzene rings is 1. The third-order valence-corrected chi connectivity index (χ3v) is 3.18. The molecule has 102 valence electrons. The average Bonchev–Trinajstić information content (AvgIpc) is 3.02. The summed E-state index contributed by atoms with van der Waals surface area (Å²) in [6.45, 7) is 0.583. The number of nitrogens with one attached hydrogen (secondary N) is 2. The van der Waals surface area contributed by atoms with Gasteiger partial charge >= 0.3 is 0 Å². The fourth-order valence-corrected chi connectivity index (χ4v) is 2.13. The highest BCUT2D eigenvalue weighted by atomic mass is 15.1. The summed E-state index contributed by atoms with van der Waals surface area (Å²) in [6.07, 6.45) is 5.31. The van der Waals surface area contributed by atoms with Crippen molar-refractivity contribution in [3.05, 3.63) is 66.1 Å². The lowest BCUT2D eigenvalue weighted by molar-refractivity contribution is 1.09. The molecule has 3 aromatic rings. The molecule has 0 fully saturated rings. The highest BCUT2D eigenvalue weighted by molar-refractivity contribution is 5.63. The molecular formula is C16H13N5. The molecule has 0 spiro atoms. The molecule has 0 aliphatic carbocycles. The Hall–Kier alpha value is -3.13. The number of para-hydroxylation sites is 1. The lowest BCUT2D eigenvalue weighted by Gasteiger charge is -2.08. The first-order chi connectivity index (χ1) is 10.4. The number of nitriles is 1. The Morgan fingerprint density at radius 3 is 2.86 bits per heavy atom. The summed E-state index contributed by atoms with van der Waals surface area (Å²) >= 11 is 0. The van der Waals surface area contributed by atoms with Crippen LogP contribution in [0.3, 0.4) is 0 Å². The van der Waals surface area contributed by atoms with Gasteiger partial charge in [0.15, 0.2) is 0 Å². The van der Waals surface area contributed by atoms with Gasteiger partial charge in [0.25, 0.3) is 0 Å². The van der Waals surface area contributed by atoms with Crippen molar-refractivity contribution >= 4 is 5.69 Å². The minimum atomic E-state index is 0.583. The maximum absolute atomic E-state index is 9.09. The lowest BCUT2D eigenvalue weighted by Crippen LogP contribution is -2.01. The molecule has 2 N–H and O–H groups in total. The summed E-state index contributed by atoms with van der Waals surface area (Å²) in [4.78, 5) is 4.12. The maximum atomic E-state index is 9.09. The number of anilines is 1. The molecule has 0 aliphatic heterocycles. The summed E-state index contributed by atoms with van der Waals surface area (Å²) in [5.41, 5.74) is 4.39.